The maximum atomic E-state index is 12.6. The number of anilines is 1. The average Bonchev–Trinajstić information content (AvgIpc) is 3.45. The molecule has 3 aromatic rings. The van der Waals surface area contributed by atoms with Gasteiger partial charge in [-0.25, -0.2) is 14.6 Å². The minimum Gasteiger partial charge on any atom is -0.368 e. The molecule has 1 atom stereocenters. The Morgan fingerprint density at radius 1 is 1.10 bits per heavy atom. The van der Waals surface area contributed by atoms with E-state index in [1.54, 1.807) is 11.0 Å². The first-order valence-corrected chi connectivity index (χ1v) is 10.0. The fourth-order valence-corrected chi connectivity index (χ4v) is 3.99. The standard InChI is InChI=1S/C20H23N7O2/c28-20(16-7-4-12-29-16)26-10-8-25(9-11-26)18-17-19(22-14-21-18)27(24-23-17)13-15-5-2-1-3-6-15/h1-3,5-6,14,16H,4,7-13H2/t16-/m1/s1. The summed E-state index contributed by atoms with van der Waals surface area (Å²) in [6.45, 7) is 4.02. The van der Waals surface area contributed by atoms with Crippen LogP contribution in [0.3, 0.4) is 0 Å². The molecule has 1 aromatic carbocycles. The van der Waals surface area contributed by atoms with Crippen molar-refractivity contribution in [1.29, 1.82) is 0 Å². The summed E-state index contributed by atoms with van der Waals surface area (Å²) in [5, 5.41) is 8.65. The smallest absolute Gasteiger partial charge is 0.251 e. The molecule has 0 N–H and O–H groups in total. The van der Waals surface area contributed by atoms with Crippen molar-refractivity contribution in [3.8, 4) is 0 Å². The van der Waals surface area contributed by atoms with Gasteiger partial charge in [0.25, 0.3) is 5.91 Å². The van der Waals surface area contributed by atoms with Crippen LogP contribution in [0.5, 0.6) is 0 Å². The van der Waals surface area contributed by atoms with Crippen molar-refractivity contribution in [3.05, 3.63) is 42.2 Å². The Bertz CT molecular complexity index is 992. The Morgan fingerprint density at radius 3 is 2.69 bits per heavy atom. The van der Waals surface area contributed by atoms with Gasteiger partial charge in [-0.05, 0) is 18.4 Å². The molecule has 0 bridgehead atoms. The number of aromatic nitrogens is 5. The Labute approximate surface area is 168 Å². The summed E-state index contributed by atoms with van der Waals surface area (Å²) in [4.78, 5) is 25.5. The van der Waals surface area contributed by atoms with Crippen LogP contribution in [-0.4, -0.2) is 74.7 Å². The van der Waals surface area contributed by atoms with E-state index in [-0.39, 0.29) is 12.0 Å². The molecule has 9 heteroatoms. The maximum absolute atomic E-state index is 12.6. The highest BCUT2D eigenvalue weighted by molar-refractivity contribution is 5.84. The lowest BCUT2D eigenvalue weighted by atomic mass is 10.2. The second-order valence-corrected chi connectivity index (χ2v) is 7.42. The van der Waals surface area contributed by atoms with Crippen molar-refractivity contribution >= 4 is 22.9 Å². The van der Waals surface area contributed by atoms with Crippen LogP contribution in [0.2, 0.25) is 0 Å². The molecule has 2 saturated heterocycles. The van der Waals surface area contributed by atoms with Gasteiger partial charge in [-0.2, -0.15) is 0 Å². The van der Waals surface area contributed by atoms with E-state index in [2.05, 4.69) is 37.3 Å². The molecule has 0 saturated carbocycles. The van der Waals surface area contributed by atoms with E-state index in [0.717, 1.165) is 29.9 Å². The largest absolute Gasteiger partial charge is 0.368 e. The molecule has 0 radical (unpaired) electrons. The van der Waals surface area contributed by atoms with Crippen molar-refractivity contribution in [1.82, 2.24) is 29.9 Å². The average molecular weight is 393 g/mol. The molecule has 1 amide bonds. The summed E-state index contributed by atoms with van der Waals surface area (Å²) >= 11 is 0. The molecule has 0 spiro atoms. The van der Waals surface area contributed by atoms with Crippen molar-refractivity contribution in [2.24, 2.45) is 0 Å². The topological polar surface area (TPSA) is 89.3 Å². The van der Waals surface area contributed by atoms with E-state index >= 15 is 0 Å². The SMILES string of the molecule is O=C([C@H]1CCCO1)N1CCN(c2ncnc3c2nnn3Cc2ccccc2)CC1. The predicted molar refractivity (Wildman–Crippen MR) is 106 cm³/mol. The molecular formula is C20H23N7O2. The number of benzene rings is 1. The van der Waals surface area contributed by atoms with E-state index in [1.165, 1.54) is 0 Å². The number of piperazine rings is 1. The highest BCUT2D eigenvalue weighted by Gasteiger charge is 2.31. The second-order valence-electron chi connectivity index (χ2n) is 7.42. The molecular weight excluding hydrogens is 370 g/mol. The number of carbonyl (C=O) groups excluding carboxylic acids is 1. The lowest BCUT2D eigenvalue weighted by Crippen LogP contribution is -2.51. The Morgan fingerprint density at radius 2 is 1.93 bits per heavy atom. The molecule has 29 heavy (non-hydrogen) atoms. The number of hydrogen-bond acceptors (Lipinski definition) is 7. The number of hydrogen-bond donors (Lipinski definition) is 0. The van der Waals surface area contributed by atoms with E-state index < -0.39 is 0 Å². The molecule has 2 aliphatic rings. The van der Waals surface area contributed by atoms with Crippen LogP contribution >= 0.6 is 0 Å². The van der Waals surface area contributed by atoms with E-state index in [1.807, 2.05) is 23.1 Å². The van der Waals surface area contributed by atoms with E-state index in [9.17, 15) is 4.79 Å². The van der Waals surface area contributed by atoms with Gasteiger partial charge in [0, 0.05) is 32.8 Å². The van der Waals surface area contributed by atoms with Crippen LogP contribution in [0, 0.1) is 0 Å². The molecule has 2 aliphatic heterocycles. The van der Waals surface area contributed by atoms with Crippen molar-refractivity contribution in [3.63, 3.8) is 0 Å². The summed E-state index contributed by atoms with van der Waals surface area (Å²) in [7, 11) is 0. The zero-order chi connectivity index (χ0) is 19.6. The lowest BCUT2D eigenvalue weighted by molar-refractivity contribution is -0.141. The van der Waals surface area contributed by atoms with Gasteiger partial charge in [-0.3, -0.25) is 4.79 Å². The second kappa shape index (κ2) is 7.75. The summed E-state index contributed by atoms with van der Waals surface area (Å²) in [6.07, 6.45) is 3.10. The normalized spacial score (nSPS) is 19.8. The monoisotopic (exact) mass is 393 g/mol. The van der Waals surface area contributed by atoms with Crippen molar-refractivity contribution in [2.75, 3.05) is 37.7 Å². The zero-order valence-corrected chi connectivity index (χ0v) is 16.1. The van der Waals surface area contributed by atoms with Crippen LogP contribution in [-0.2, 0) is 16.1 Å². The van der Waals surface area contributed by atoms with Crippen LogP contribution in [0.25, 0.3) is 11.2 Å². The Balaban J connectivity index is 1.31. The molecule has 2 aromatic heterocycles. The highest BCUT2D eigenvalue weighted by atomic mass is 16.5. The molecule has 4 heterocycles. The molecule has 9 nitrogen and oxygen atoms in total. The third-order valence-corrected chi connectivity index (χ3v) is 5.55. The maximum Gasteiger partial charge on any atom is 0.251 e. The predicted octanol–water partition coefficient (Wildman–Crippen LogP) is 1.10. The summed E-state index contributed by atoms with van der Waals surface area (Å²) in [6, 6.07) is 10.1. The van der Waals surface area contributed by atoms with Crippen LogP contribution in [0.4, 0.5) is 5.82 Å². The summed E-state index contributed by atoms with van der Waals surface area (Å²) in [5.74, 6) is 0.891. The summed E-state index contributed by atoms with van der Waals surface area (Å²) in [5.41, 5.74) is 2.56. The summed E-state index contributed by atoms with van der Waals surface area (Å²) < 4.78 is 7.34. The quantitative estimate of drug-likeness (QED) is 0.656. The molecule has 0 aliphatic carbocycles. The minimum atomic E-state index is -0.259. The Kier molecular flexibility index (Phi) is 4.81. The van der Waals surface area contributed by atoms with Gasteiger partial charge in [0.05, 0.1) is 6.54 Å². The zero-order valence-electron chi connectivity index (χ0n) is 16.1. The van der Waals surface area contributed by atoms with Gasteiger partial charge >= 0.3 is 0 Å². The molecule has 5 rings (SSSR count). The van der Waals surface area contributed by atoms with Crippen molar-refractivity contribution < 1.29 is 9.53 Å². The third-order valence-electron chi connectivity index (χ3n) is 5.55. The highest BCUT2D eigenvalue weighted by Crippen LogP contribution is 2.23. The number of fused-ring (bicyclic) bond motifs is 1. The first-order valence-electron chi connectivity index (χ1n) is 10.0. The number of carbonyl (C=O) groups is 1. The number of amides is 1. The van der Waals surface area contributed by atoms with Gasteiger partial charge in [0.1, 0.15) is 12.4 Å². The van der Waals surface area contributed by atoms with Gasteiger partial charge in [-0.1, -0.05) is 35.5 Å². The van der Waals surface area contributed by atoms with E-state index in [0.29, 0.717) is 44.8 Å². The number of rotatable bonds is 4. The number of nitrogens with zero attached hydrogens (tertiary/aromatic N) is 7. The first-order chi connectivity index (χ1) is 14.3. The van der Waals surface area contributed by atoms with Crippen LogP contribution in [0.15, 0.2) is 36.7 Å². The van der Waals surface area contributed by atoms with Gasteiger partial charge < -0.3 is 14.5 Å². The Hall–Kier alpha value is -3.07. The molecule has 150 valence electrons. The fraction of sp³-hybridized carbons (Fsp3) is 0.450. The molecule has 0 unspecified atom stereocenters. The van der Waals surface area contributed by atoms with Gasteiger partial charge in [-0.15, -0.1) is 5.10 Å². The fourth-order valence-electron chi connectivity index (χ4n) is 3.99. The lowest BCUT2D eigenvalue weighted by Gasteiger charge is -2.36. The minimum absolute atomic E-state index is 0.115. The van der Waals surface area contributed by atoms with Crippen LogP contribution in [0.1, 0.15) is 18.4 Å². The van der Waals surface area contributed by atoms with Crippen molar-refractivity contribution in [2.45, 2.75) is 25.5 Å². The first kappa shape index (κ1) is 18.0. The van der Waals surface area contributed by atoms with Gasteiger partial charge in [0.15, 0.2) is 17.0 Å². The van der Waals surface area contributed by atoms with E-state index in [4.69, 9.17) is 4.74 Å². The van der Waals surface area contributed by atoms with Gasteiger partial charge in [0.2, 0.25) is 0 Å². The van der Waals surface area contributed by atoms with Crippen LogP contribution < -0.4 is 4.90 Å². The number of ether oxygens (including phenoxy) is 1. The molecule has 2 fully saturated rings. The third kappa shape index (κ3) is 3.53.